The molecule has 7 atom stereocenters. The SMILES string of the molecule is CC1=C(C2CCN(CC3CCCCC3CN3C(=O)C4C5CCC(C5)C4C3O)CC2)c2ccc(Cl)cc2OCC1. The van der Waals surface area contributed by atoms with Gasteiger partial charge in [0.1, 0.15) is 12.0 Å². The summed E-state index contributed by atoms with van der Waals surface area (Å²) in [7, 11) is 0. The van der Waals surface area contributed by atoms with E-state index in [4.69, 9.17) is 16.3 Å². The van der Waals surface area contributed by atoms with Crippen molar-refractivity contribution in [2.24, 2.45) is 41.4 Å². The Balaban J connectivity index is 0.993. The van der Waals surface area contributed by atoms with Crippen LogP contribution in [0.2, 0.25) is 5.02 Å². The number of ether oxygens (including phenoxy) is 1. The van der Waals surface area contributed by atoms with Crippen molar-refractivity contribution in [3.8, 4) is 5.75 Å². The van der Waals surface area contributed by atoms with Crippen LogP contribution in [0.5, 0.6) is 5.75 Å². The summed E-state index contributed by atoms with van der Waals surface area (Å²) in [6.07, 6.45) is 11.4. The van der Waals surface area contributed by atoms with Crippen LogP contribution >= 0.6 is 11.6 Å². The summed E-state index contributed by atoms with van der Waals surface area (Å²) in [5, 5.41) is 12.0. The number of carbonyl (C=O) groups is 1. The fourth-order valence-corrected chi connectivity index (χ4v) is 9.86. The minimum absolute atomic E-state index is 0.119. The summed E-state index contributed by atoms with van der Waals surface area (Å²) in [6, 6.07) is 6.14. The Morgan fingerprint density at radius 1 is 1.00 bits per heavy atom. The lowest BCUT2D eigenvalue weighted by Gasteiger charge is -2.41. The fourth-order valence-electron chi connectivity index (χ4n) is 9.70. The number of rotatable bonds is 5. The summed E-state index contributed by atoms with van der Waals surface area (Å²) in [5.74, 6) is 4.39. The second kappa shape index (κ2) is 10.7. The van der Waals surface area contributed by atoms with Gasteiger partial charge in [0.15, 0.2) is 0 Å². The first-order valence-electron chi connectivity index (χ1n) is 15.8. The van der Waals surface area contributed by atoms with Crippen LogP contribution in [-0.4, -0.2) is 59.8 Å². The van der Waals surface area contributed by atoms with Crippen LogP contribution in [0.25, 0.3) is 5.57 Å². The Morgan fingerprint density at radius 2 is 1.74 bits per heavy atom. The van der Waals surface area contributed by atoms with Crippen LogP contribution in [0.4, 0.5) is 0 Å². The van der Waals surface area contributed by atoms with E-state index >= 15 is 0 Å². The van der Waals surface area contributed by atoms with Crippen molar-refractivity contribution in [2.75, 3.05) is 32.8 Å². The summed E-state index contributed by atoms with van der Waals surface area (Å²) in [4.78, 5) is 18.1. The number of aliphatic hydroxyl groups is 1. The lowest BCUT2D eigenvalue weighted by atomic mass is 9.77. The van der Waals surface area contributed by atoms with Gasteiger partial charge in [-0.15, -0.1) is 0 Å². The van der Waals surface area contributed by atoms with Crippen molar-refractivity contribution in [1.29, 1.82) is 0 Å². The molecule has 1 N–H and O–H groups in total. The van der Waals surface area contributed by atoms with Gasteiger partial charge in [0.2, 0.25) is 5.91 Å². The summed E-state index contributed by atoms with van der Waals surface area (Å²) in [5.41, 5.74) is 4.21. The molecule has 3 aliphatic carbocycles. The van der Waals surface area contributed by atoms with Gasteiger partial charge < -0.3 is 19.6 Å². The highest BCUT2D eigenvalue weighted by atomic mass is 35.5. The highest BCUT2D eigenvalue weighted by Gasteiger charge is 2.60. The quantitative estimate of drug-likeness (QED) is 0.470. The molecular weight excluding hydrogens is 508 g/mol. The number of aliphatic hydroxyl groups excluding tert-OH is 1. The molecule has 3 saturated carbocycles. The fraction of sp³-hybridized carbons (Fsp3) is 0.727. The maximum Gasteiger partial charge on any atom is 0.228 e. The third-order valence-electron chi connectivity index (χ3n) is 11.6. The molecule has 6 heteroatoms. The van der Waals surface area contributed by atoms with E-state index < -0.39 is 6.23 Å². The van der Waals surface area contributed by atoms with Crippen molar-refractivity contribution in [3.05, 3.63) is 34.4 Å². The minimum Gasteiger partial charge on any atom is -0.493 e. The molecule has 1 aromatic carbocycles. The molecule has 7 unspecified atom stereocenters. The van der Waals surface area contributed by atoms with Crippen LogP contribution < -0.4 is 4.74 Å². The molecule has 212 valence electrons. The third-order valence-corrected chi connectivity index (χ3v) is 11.9. The van der Waals surface area contributed by atoms with Crippen molar-refractivity contribution in [1.82, 2.24) is 9.80 Å². The van der Waals surface area contributed by atoms with E-state index in [1.54, 1.807) is 0 Å². The molecular formula is C33H45ClN2O3. The zero-order valence-corrected chi connectivity index (χ0v) is 24.2. The molecule has 0 radical (unpaired) electrons. The first-order chi connectivity index (χ1) is 19.0. The predicted molar refractivity (Wildman–Crippen MR) is 154 cm³/mol. The number of halogens is 1. The predicted octanol–water partition coefficient (Wildman–Crippen LogP) is 6.24. The average Bonchev–Trinajstić information content (AvgIpc) is 3.59. The summed E-state index contributed by atoms with van der Waals surface area (Å²) < 4.78 is 6.08. The number of hydrogen-bond donors (Lipinski definition) is 1. The second-order valence-electron chi connectivity index (χ2n) is 13.7. The van der Waals surface area contributed by atoms with E-state index in [0.717, 1.165) is 50.0 Å². The van der Waals surface area contributed by atoms with Crippen molar-refractivity contribution >= 4 is 23.1 Å². The lowest BCUT2D eigenvalue weighted by molar-refractivity contribution is -0.138. The van der Waals surface area contributed by atoms with E-state index in [9.17, 15) is 9.90 Å². The van der Waals surface area contributed by atoms with Gasteiger partial charge in [0.05, 0.1) is 6.61 Å². The first-order valence-corrected chi connectivity index (χ1v) is 16.2. The maximum atomic E-state index is 13.4. The van der Waals surface area contributed by atoms with Gasteiger partial charge in [-0.05, 0) is 118 Å². The van der Waals surface area contributed by atoms with Crippen molar-refractivity contribution in [2.45, 2.75) is 77.4 Å². The number of fused-ring (bicyclic) bond motifs is 6. The molecule has 0 spiro atoms. The van der Waals surface area contributed by atoms with E-state index in [2.05, 4.69) is 17.9 Å². The Kier molecular flexibility index (Phi) is 7.22. The van der Waals surface area contributed by atoms with Crippen LogP contribution in [0.1, 0.15) is 76.7 Å². The molecule has 39 heavy (non-hydrogen) atoms. The molecule has 1 amide bonds. The van der Waals surface area contributed by atoms with E-state index in [-0.39, 0.29) is 17.7 Å². The minimum atomic E-state index is -0.533. The molecule has 3 heterocycles. The highest BCUT2D eigenvalue weighted by Crippen LogP contribution is 2.57. The summed E-state index contributed by atoms with van der Waals surface area (Å²) >= 11 is 6.29. The van der Waals surface area contributed by atoms with Gasteiger partial charge in [-0.25, -0.2) is 0 Å². The Bertz CT molecular complexity index is 1130. The summed E-state index contributed by atoms with van der Waals surface area (Å²) in [6.45, 7) is 7.19. The average molecular weight is 553 g/mol. The van der Waals surface area contributed by atoms with Gasteiger partial charge >= 0.3 is 0 Å². The van der Waals surface area contributed by atoms with E-state index in [1.807, 2.05) is 17.0 Å². The molecule has 5 nitrogen and oxygen atoms in total. The van der Waals surface area contributed by atoms with Gasteiger partial charge in [-0.1, -0.05) is 30.0 Å². The smallest absolute Gasteiger partial charge is 0.228 e. The van der Waals surface area contributed by atoms with Crippen molar-refractivity contribution in [3.63, 3.8) is 0 Å². The zero-order chi connectivity index (χ0) is 26.7. The monoisotopic (exact) mass is 552 g/mol. The number of amides is 1. The molecule has 5 fully saturated rings. The molecule has 2 saturated heterocycles. The third kappa shape index (κ3) is 4.75. The van der Waals surface area contributed by atoms with Crippen LogP contribution in [0.3, 0.4) is 0 Å². The van der Waals surface area contributed by atoms with Crippen LogP contribution in [-0.2, 0) is 4.79 Å². The number of nitrogens with zero attached hydrogens (tertiary/aromatic N) is 2. The molecule has 6 aliphatic rings. The second-order valence-corrected chi connectivity index (χ2v) is 14.1. The normalized spacial score (nSPS) is 37.2. The maximum absolute atomic E-state index is 13.4. The largest absolute Gasteiger partial charge is 0.493 e. The number of benzene rings is 1. The first kappa shape index (κ1) is 26.3. The standard InChI is InChI=1S/C33H45ClN2O3/c1-20-12-15-39-28-17-26(34)8-9-27(28)29(20)21-10-13-35(14-11-21)18-24-4-2-3-5-25(24)19-36-32(37)30-22-6-7-23(16-22)31(30)33(36)38/h8-9,17,21-25,30-32,37H,2-7,10-16,18-19H2,1H3. The highest BCUT2D eigenvalue weighted by molar-refractivity contribution is 6.30. The molecule has 1 aromatic rings. The Labute approximate surface area is 238 Å². The zero-order valence-electron chi connectivity index (χ0n) is 23.5. The lowest BCUT2D eigenvalue weighted by Crippen LogP contribution is -2.45. The number of carbonyl (C=O) groups excluding carboxylic acids is 1. The van der Waals surface area contributed by atoms with Gasteiger partial charge in [0.25, 0.3) is 0 Å². The Hall–Kier alpha value is -1.56. The topological polar surface area (TPSA) is 53.0 Å². The molecule has 0 aromatic heterocycles. The number of allylic oxidation sites excluding steroid dienone is 1. The van der Waals surface area contributed by atoms with Crippen molar-refractivity contribution < 1.29 is 14.6 Å². The van der Waals surface area contributed by atoms with Crippen LogP contribution in [0.15, 0.2) is 23.8 Å². The van der Waals surface area contributed by atoms with E-state index in [0.29, 0.717) is 29.6 Å². The Morgan fingerprint density at radius 3 is 2.51 bits per heavy atom. The molecule has 2 bridgehead atoms. The van der Waals surface area contributed by atoms with Crippen LogP contribution in [0, 0.1) is 41.4 Å². The van der Waals surface area contributed by atoms with Gasteiger partial charge in [-0.3, -0.25) is 4.79 Å². The van der Waals surface area contributed by atoms with E-state index in [1.165, 1.54) is 74.5 Å². The number of likely N-dealkylation sites (tertiary alicyclic amines) is 2. The van der Waals surface area contributed by atoms with Gasteiger partial charge in [-0.2, -0.15) is 0 Å². The molecule has 7 rings (SSSR count). The number of piperidine rings is 1. The molecule has 3 aliphatic heterocycles. The van der Waals surface area contributed by atoms with Gasteiger partial charge in [0, 0.05) is 41.9 Å². The number of hydrogen-bond acceptors (Lipinski definition) is 4.